The summed E-state index contributed by atoms with van der Waals surface area (Å²) in [5.74, 6) is -5.74. The third-order valence-corrected chi connectivity index (χ3v) is 8.32. The van der Waals surface area contributed by atoms with Crippen LogP contribution >= 0.6 is 23.5 Å². The van der Waals surface area contributed by atoms with Crippen molar-refractivity contribution >= 4 is 70.4 Å². The third-order valence-electron chi connectivity index (χ3n) is 6.15. The summed E-state index contributed by atoms with van der Waals surface area (Å²) < 4.78 is 49.9. The summed E-state index contributed by atoms with van der Waals surface area (Å²) in [4.78, 5) is 96.4. The highest BCUT2D eigenvalue weighted by Gasteiger charge is 2.55. The van der Waals surface area contributed by atoms with Crippen molar-refractivity contribution < 1.29 is 81.0 Å². The molecule has 0 N–H and O–H groups in total. The molecular formula is C28H38O17S2. The number of carbonyl (C=O) groups excluding carboxylic acids is 8. The molecule has 19 heteroatoms. The second kappa shape index (κ2) is 18.2. The molecule has 0 aromatic carbocycles. The highest BCUT2D eigenvalue weighted by atomic mass is 32.2. The first kappa shape index (κ1) is 39.8. The number of thioether (sulfide) groups is 2. The van der Waals surface area contributed by atoms with Gasteiger partial charge in [0.05, 0.1) is 0 Å². The average molecular weight is 711 g/mol. The zero-order chi connectivity index (χ0) is 35.6. The normalized spacial score (nSPS) is 30.1. The first-order chi connectivity index (χ1) is 21.9. The fourth-order valence-corrected chi connectivity index (χ4v) is 6.90. The molecule has 0 aliphatic carbocycles. The molecule has 0 aromatic heterocycles. The van der Waals surface area contributed by atoms with Gasteiger partial charge >= 0.3 is 41.8 Å². The third kappa shape index (κ3) is 12.6. The lowest BCUT2D eigenvalue weighted by Crippen LogP contribution is -2.63. The van der Waals surface area contributed by atoms with Crippen molar-refractivity contribution in [3.8, 4) is 0 Å². The Labute approximate surface area is 278 Å². The molecule has 2 heterocycles. The lowest BCUT2D eigenvalue weighted by atomic mass is 9.99. The van der Waals surface area contributed by atoms with E-state index in [2.05, 4.69) is 0 Å². The quantitative estimate of drug-likeness (QED) is 0.200. The zero-order valence-electron chi connectivity index (χ0n) is 26.9. The zero-order valence-corrected chi connectivity index (χ0v) is 28.6. The van der Waals surface area contributed by atoms with Gasteiger partial charge in [0.1, 0.15) is 24.3 Å². The van der Waals surface area contributed by atoms with Crippen LogP contribution in [0.5, 0.6) is 0 Å². The van der Waals surface area contributed by atoms with Gasteiger partial charge in [-0.1, -0.05) is 11.8 Å². The first-order valence-corrected chi connectivity index (χ1v) is 16.1. The predicted molar refractivity (Wildman–Crippen MR) is 158 cm³/mol. The van der Waals surface area contributed by atoms with E-state index in [1.165, 1.54) is 6.92 Å². The predicted octanol–water partition coefficient (Wildman–Crippen LogP) is 0.602. The van der Waals surface area contributed by atoms with Gasteiger partial charge in [-0.05, 0) is 0 Å². The Hall–Kier alpha value is -3.42. The molecule has 264 valence electrons. The number of hydrogen-bond donors (Lipinski definition) is 0. The van der Waals surface area contributed by atoms with Crippen molar-refractivity contribution in [3.63, 3.8) is 0 Å². The van der Waals surface area contributed by atoms with Crippen LogP contribution in [0.4, 0.5) is 0 Å². The number of rotatable bonds is 12. The number of ether oxygens (including phenoxy) is 9. The van der Waals surface area contributed by atoms with Crippen molar-refractivity contribution in [1.29, 1.82) is 0 Å². The summed E-state index contributed by atoms with van der Waals surface area (Å²) in [6.07, 6.45) is -10.8. The molecule has 10 atom stereocenters. The van der Waals surface area contributed by atoms with E-state index < -0.39 is 113 Å². The summed E-state index contributed by atoms with van der Waals surface area (Å²) >= 11 is 1.54. The van der Waals surface area contributed by atoms with Gasteiger partial charge in [0, 0.05) is 61.1 Å². The number of esters is 7. The van der Waals surface area contributed by atoms with Gasteiger partial charge < -0.3 is 42.6 Å². The Kier molecular flexibility index (Phi) is 15.4. The minimum atomic E-state index is -1.44. The van der Waals surface area contributed by atoms with Crippen LogP contribution in [0.3, 0.4) is 0 Å². The summed E-state index contributed by atoms with van der Waals surface area (Å²) in [7, 11) is 0. The molecule has 0 spiro atoms. The monoisotopic (exact) mass is 710 g/mol. The molecule has 2 saturated heterocycles. The molecule has 2 aliphatic rings. The topological polar surface area (TPSA) is 220 Å². The number of carbonyl (C=O) groups is 8. The van der Waals surface area contributed by atoms with Crippen LogP contribution in [-0.2, 0) is 81.0 Å². The summed E-state index contributed by atoms with van der Waals surface area (Å²) in [5.41, 5.74) is -2.46. The lowest BCUT2D eigenvalue weighted by molar-refractivity contribution is -0.238. The molecule has 2 aliphatic heterocycles. The fraction of sp³-hybridized carbons (Fsp3) is 0.714. The van der Waals surface area contributed by atoms with Gasteiger partial charge in [0.25, 0.3) is 0 Å². The van der Waals surface area contributed by atoms with Gasteiger partial charge in [0.15, 0.2) is 47.2 Å². The molecule has 0 saturated carbocycles. The fourth-order valence-electron chi connectivity index (χ4n) is 4.76. The van der Waals surface area contributed by atoms with Gasteiger partial charge in [-0.15, -0.1) is 11.8 Å². The van der Waals surface area contributed by atoms with E-state index in [0.717, 1.165) is 60.2 Å². The lowest BCUT2D eigenvalue weighted by Gasteiger charge is -2.46. The Morgan fingerprint density at radius 1 is 0.468 bits per heavy atom. The van der Waals surface area contributed by atoms with Crippen LogP contribution in [0, 0.1) is 0 Å². The maximum atomic E-state index is 12.2. The molecule has 0 radical (unpaired) electrons. The van der Waals surface area contributed by atoms with E-state index >= 15 is 0 Å². The van der Waals surface area contributed by atoms with E-state index in [-0.39, 0.29) is 5.75 Å². The van der Waals surface area contributed by atoms with Crippen molar-refractivity contribution in [2.24, 2.45) is 0 Å². The summed E-state index contributed by atoms with van der Waals surface area (Å²) in [5, 5.41) is -0.439. The molecule has 47 heavy (non-hydrogen) atoms. The largest absolute Gasteiger partial charge is 0.463 e. The molecule has 17 nitrogen and oxygen atoms in total. The van der Waals surface area contributed by atoms with Crippen LogP contribution in [0.25, 0.3) is 0 Å². The highest BCUT2D eigenvalue weighted by molar-refractivity contribution is 8.14. The van der Waals surface area contributed by atoms with Gasteiger partial charge in [0.2, 0.25) is 0 Å². The maximum Gasteiger partial charge on any atom is 0.303 e. The maximum absolute atomic E-state index is 12.2. The van der Waals surface area contributed by atoms with Crippen LogP contribution in [-0.4, -0.2) is 119 Å². The average Bonchev–Trinajstić information content (AvgIpc) is 2.91. The molecule has 0 bridgehead atoms. The molecule has 2 fully saturated rings. The van der Waals surface area contributed by atoms with E-state index in [9.17, 15) is 38.4 Å². The molecule has 2 rings (SSSR count). The Morgan fingerprint density at radius 3 is 1.23 bits per heavy atom. The molecular weight excluding hydrogens is 672 g/mol. The second-order valence-corrected chi connectivity index (χ2v) is 12.7. The second-order valence-electron chi connectivity index (χ2n) is 10.3. The minimum absolute atomic E-state index is 0.189. The Balaban J connectivity index is 2.56. The standard InChI is InChI=1S/C28H38O17S2/c1-11(29)37-9-19-21(38-12(2)30)23(40-14(4)32)25(42-16(6)34)27(44-19)46-10-20-22(39-13(3)31)24(41-15(5)33)26(43-17(7)35)28(45-20)47-18(8)36/h19-28H,9-10H2,1-8H3/t19-,20-,21-,22-,23+,24+,25-,26-,27+,28+/m1/s1. The Morgan fingerprint density at radius 2 is 0.830 bits per heavy atom. The summed E-state index contributed by atoms with van der Waals surface area (Å²) in [6.45, 7) is 8.42. The number of hydrogen-bond acceptors (Lipinski definition) is 19. The van der Waals surface area contributed by atoms with Crippen molar-refractivity contribution in [2.75, 3.05) is 12.4 Å². The highest BCUT2D eigenvalue weighted by Crippen LogP contribution is 2.39. The van der Waals surface area contributed by atoms with E-state index in [4.69, 9.17) is 42.6 Å². The van der Waals surface area contributed by atoms with E-state index in [1.54, 1.807) is 0 Å². The van der Waals surface area contributed by atoms with Crippen LogP contribution in [0.1, 0.15) is 55.4 Å². The SMILES string of the molecule is CC(=O)OC[C@H]1O[C@@H](SC[C@H]2O[C@@H](SC(C)=O)[C@H](OC(C)=O)[C@@H](OC(C)=O)[C@@H]2OC(C)=O)[C@H](OC(C)=O)[C@@H](OC(C)=O)[C@@H]1OC(C)=O. The first-order valence-electron chi connectivity index (χ1n) is 14.2. The van der Waals surface area contributed by atoms with Crippen LogP contribution in [0.2, 0.25) is 0 Å². The van der Waals surface area contributed by atoms with Crippen molar-refractivity contribution in [1.82, 2.24) is 0 Å². The van der Waals surface area contributed by atoms with Crippen molar-refractivity contribution in [2.45, 2.75) is 115 Å². The Bertz CT molecular complexity index is 1210. The van der Waals surface area contributed by atoms with Gasteiger partial charge in [-0.3, -0.25) is 38.4 Å². The summed E-state index contributed by atoms with van der Waals surface area (Å²) in [6, 6.07) is 0. The van der Waals surface area contributed by atoms with Gasteiger partial charge in [-0.2, -0.15) is 0 Å². The molecule has 0 aromatic rings. The smallest absolute Gasteiger partial charge is 0.303 e. The minimum Gasteiger partial charge on any atom is -0.463 e. The van der Waals surface area contributed by atoms with Crippen molar-refractivity contribution in [3.05, 3.63) is 0 Å². The van der Waals surface area contributed by atoms with E-state index in [0.29, 0.717) is 11.8 Å². The van der Waals surface area contributed by atoms with Gasteiger partial charge in [-0.25, -0.2) is 0 Å². The molecule has 0 unspecified atom stereocenters. The van der Waals surface area contributed by atoms with E-state index in [1.807, 2.05) is 0 Å². The van der Waals surface area contributed by atoms with Crippen LogP contribution in [0.15, 0.2) is 0 Å². The van der Waals surface area contributed by atoms with Crippen LogP contribution < -0.4 is 0 Å². The molecule has 0 amide bonds.